The van der Waals surface area contributed by atoms with Crippen LogP contribution in [0.3, 0.4) is 0 Å². The Labute approximate surface area is 187 Å². The minimum atomic E-state index is -3.70. The van der Waals surface area contributed by atoms with Crippen LogP contribution in [0.4, 0.5) is 5.69 Å². The van der Waals surface area contributed by atoms with Crippen LogP contribution in [0.15, 0.2) is 64.0 Å². The first-order chi connectivity index (χ1) is 15.5. The van der Waals surface area contributed by atoms with Crippen molar-refractivity contribution in [2.24, 2.45) is 0 Å². The molecule has 0 saturated carbocycles. The molecule has 0 atom stereocenters. The Morgan fingerprint density at radius 3 is 2.34 bits per heavy atom. The average Bonchev–Trinajstić information content (AvgIpc) is 3.33. The fraction of sp³-hybridized carbons (Fsp3) is 0.318. The molecule has 0 radical (unpaired) electrons. The molecule has 0 unspecified atom stereocenters. The Morgan fingerprint density at radius 2 is 1.72 bits per heavy atom. The Morgan fingerprint density at radius 1 is 1.03 bits per heavy atom. The third-order valence-corrected chi connectivity index (χ3v) is 6.78. The van der Waals surface area contributed by atoms with Gasteiger partial charge in [-0.1, -0.05) is 30.3 Å². The van der Waals surface area contributed by atoms with Crippen LogP contribution in [-0.2, 0) is 21.2 Å². The SMILES string of the molecule is CCc1nc(-c2ccc(N3CCN(C(=O)CNS(=O)(=O)c4ccccc4)CC3)cc2)no1. The van der Waals surface area contributed by atoms with Gasteiger partial charge in [0.15, 0.2) is 0 Å². The van der Waals surface area contributed by atoms with Crippen LogP contribution in [0, 0.1) is 0 Å². The van der Waals surface area contributed by atoms with E-state index in [2.05, 4.69) is 19.8 Å². The number of anilines is 1. The van der Waals surface area contributed by atoms with E-state index in [1.165, 1.54) is 12.1 Å². The van der Waals surface area contributed by atoms with Crippen molar-refractivity contribution in [3.05, 3.63) is 60.5 Å². The number of hydrogen-bond acceptors (Lipinski definition) is 7. The number of carbonyl (C=O) groups excluding carboxylic acids is 1. The van der Waals surface area contributed by atoms with Crippen LogP contribution in [-0.4, -0.2) is 62.1 Å². The smallest absolute Gasteiger partial charge is 0.241 e. The zero-order valence-corrected chi connectivity index (χ0v) is 18.6. The average molecular weight is 456 g/mol. The summed E-state index contributed by atoms with van der Waals surface area (Å²) in [7, 11) is -3.70. The number of benzene rings is 2. The Balaban J connectivity index is 1.29. The molecule has 1 aliphatic heterocycles. The van der Waals surface area contributed by atoms with Gasteiger partial charge in [0.25, 0.3) is 0 Å². The first kappa shape index (κ1) is 22.0. The molecule has 0 spiro atoms. The third-order valence-electron chi connectivity index (χ3n) is 5.36. The molecule has 1 aromatic heterocycles. The molecular weight excluding hydrogens is 430 g/mol. The highest BCUT2D eigenvalue weighted by Gasteiger charge is 2.23. The van der Waals surface area contributed by atoms with E-state index in [0.29, 0.717) is 44.3 Å². The van der Waals surface area contributed by atoms with E-state index in [4.69, 9.17) is 4.52 Å². The molecule has 10 heteroatoms. The molecule has 4 rings (SSSR count). The van der Waals surface area contributed by atoms with Gasteiger partial charge in [0, 0.05) is 43.9 Å². The van der Waals surface area contributed by atoms with E-state index in [1.807, 2.05) is 31.2 Å². The number of carbonyl (C=O) groups is 1. The number of sulfonamides is 1. The van der Waals surface area contributed by atoms with E-state index in [9.17, 15) is 13.2 Å². The molecule has 3 aromatic rings. The standard InChI is InChI=1S/C22H25N5O4S/c1-2-20-24-22(25-31-20)17-8-10-18(11-9-17)26-12-14-27(15-13-26)21(28)16-23-32(29,30)19-6-4-3-5-7-19/h3-11,23H,2,12-16H2,1H3. The summed E-state index contributed by atoms with van der Waals surface area (Å²) >= 11 is 0. The molecular formula is C22H25N5O4S. The normalized spacial score (nSPS) is 14.5. The fourth-order valence-corrected chi connectivity index (χ4v) is 4.50. The van der Waals surface area contributed by atoms with Crippen LogP contribution in [0.5, 0.6) is 0 Å². The summed E-state index contributed by atoms with van der Waals surface area (Å²) in [6.45, 7) is 4.09. The van der Waals surface area contributed by atoms with Crippen LogP contribution in [0.2, 0.25) is 0 Å². The fourth-order valence-electron chi connectivity index (χ4n) is 3.50. The second-order valence-corrected chi connectivity index (χ2v) is 9.18. The molecule has 32 heavy (non-hydrogen) atoms. The summed E-state index contributed by atoms with van der Waals surface area (Å²) < 4.78 is 32.2. The van der Waals surface area contributed by atoms with E-state index in [1.54, 1.807) is 23.1 Å². The maximum absolute atomic E-state index is 12.5. The molecule has 9 nitrogen and oxygen atoms in total. The van der Waals surface area contributed by atoms with Crippen molar-refractivity contribution < 1.29 is 17.7 Å². The number of hydrogen-bond donors (Lipinski definition) is 1. The second kappa shape index (κ2) is 9.49. The topological polar surface area (TPSA) is 109 Å². The van der Waals surface area contributed by atoms with Crippen LogP contribution in [0.25, 0.3) is 11.4 Å². The van der Waals surface area contributed by atoms with Gasteiger partial charge in [0.05, 0.1) is 11.4 Å². The predicted molar refractivity (Wildman–Crippen MR) is 120 cm³/mol. The lowest BCUT2D eigenvalue weighted by molar-refractivity contribution is -0.130. The van der Waals surface area contributed by atoms with Gasteiger partial charge < -0.3 is 14.3 Å². The minimum Gasteiger partial charge on any atom is -0.368 e. The number of nitrogens with zero attached hydrogens (tertiary/aromatic N) is 4. The quantitative estimate of drug-likeness (QED) is 0.580. The van der Waals surface area contributed by atoms with E-state index in [0.717, 1.165) is 11.3 Å². The van der Waals surface area contributed by atoms with Gasteiger partial charge in [-0.3, -0.25) is 4.79 Å². The molecule has 0 bridgehead atoms. The number of piperazine rings is 1. The summed E-state index contributed by atoms with van der Waals surface area (Å²) in [5.41, 5.74) is 1.93. The first-order valence-electron chi connectivity index (χ1n) is 10.5. The first-order valence-corrected chi connectivity index (χ1v) is 11.9. The van der Waals surface area contributed by atoms with Crippen LogP contribution >= 0.6 is 0 Å². The Bertz CT molecular complexity index is 1150. The highest BCUT2D eigenvalue weighted by molar-refractivity contribution is 7.89. The molecule has 1 fully saturated rings. The molecule has 2 aromatic carbocycles. The van der Waals surface area contributed by atoms with E-state index < -0.39 is 10.0 Å². The lowest BCUT2D eigenvalue weighted by Crippen LogP contribution is -2.51. The number of aryl methyl sites for hydroxylation is 1. The lowest BCUT2D eigenvalue weighted by atomic mass is 10.1. The van der Waals surface area contributed by atoms with Crippen LogP contribution in [0.1, 0.15) is 12.8 Å². The van der Waals surface area contributed by atoms with Gasteiger partial charge in [-0.15, -0.1) is 0 Å². The zero-order chi connectivity index (χ0) is 22.6. The van der Waals surface area contributed by atoms with Crippen LogP contribution < -0.4 is 9.62 Å². The number of aromatic nitrogens is 2. The van der Waals surface area contributed by atoms with Crippen molar-refractivity contribution in [3.8, 4) is 11.4 Å². The van der Waals surface area contributed by atoms with Crippen molar-refractivity contribution in [2.45, 2.75) is 18.2 Å². The summed E-state index contributed by atoms with van der Waals surface area (Å²) in [5.74, 6) is 0.945. The molecule has 1 aliphatic rings. The summed E-state index contributed by atoms with van der Waals surface area (Å²) in [6, 6.07) is 15.9. The van der Waals surface area contributed by atoms with Crippen molar-refractivity contribution in [2.75, 3.05) is 37.6 Å². The zero-order valence-electron chi connectivity index (χ0n) is 17.8. The number of amides is 1. The molecule has 168 valence electrons. The lowest BCUT2D eigenvalue weighted by Gasteiger charge is -2.36. The van der Waals surface area contributed by atoms with Gasteiger partial charge in [-0.2, -0.15) is 4.98 Å². The van der Waals surface area contributed by atoms with E-state index in [-0.39, 0.29) is 17.3 Å². The Kier molecular flexibility index (Phi) is 6.52. The summed E-state index contributed by atoms with van der Waals surface area (Å²) in [4.78, 5) is 20.9. The van der Waals surface area contributed by atoms with Crippen molar-refractivity contribution in [1.82, 2.24) is 19.8 Å². The van der Waals surface area contributed by atoms with Gasteiger partial charge in [0.1, 0.15) is 0 Å². The van der Waals surface area contributed by atoms with Gasteiger partial charge in [-0.25, -0.2) is 13.1 Å². The number of rotatable bonds is 7. The molecule has 1 saturated heterocycles. The largest absolute Gasteiger partial charge is 0.368 e. The molecule has 1 amide bonds. The van der Waals surface area contributed by atoms with Gasteiger partial charge in [0.2, 0.25) is 27.6 Å². The minimum absolute atomic E-state index is 0.146. The van der Waals surface area contributed by atoms with E-state index >= 15 is 0 Å². The second-order valence-electron chi connectivity index (χ2n) is 7.42. The predicted octanol–water partition coefficient (Wildman–Crippen LogP) is 1.93. The van der Waals surface area contributed by atoms with Crippen molar-refractivity contribution in [1.29, 1.82) is 0 Å². The number of nitrogens with one attached hydrogen (secondary N) is 1. The maximum Gasteiger partial charge on any atom is 0.241 e. The third kappa shape index (κ3) is 4.97. The van der Waals surface area contributed by atoms with Gasteiger partial charge >= 0.3 is 0 Å². The maximum atomic E-state index is 12.5. The highest BCUT2D eigenvalue weighted by atomic mass is 32.2. The Hall–Kier alpha value is -3.24. The highest BCUT2D eigenvalue weighted by Crippen LogP contribution is 2.22. The summed E-state index contributed by atoms with van der Waals surface area (Å²) in [5, 5.41) is 3.99. The molecule has 1 N–H and O–H groups in total. The van der Waals surface area contributed by atoms with Crippen molar-refractivity contribution >= 4 is 21.6 Å². The molecule has 2 heterocycles. The van der Waals surface area contributed by atoms with Crippen molar-refractivity contribution in [3.63, 3.8) is 0 Å². The van der Waals surface area contributed by atoms with Gasteiger partial charge in [-0.05, 0) is 36.4 Å². The summed E-state index contributed by atoms with van der Waals surface area (Å²) in [6.07, 6.45) is 0.696. The molecule has 0 aliphatic carbocycles. The monoisotopic (exact) mass is 455 g/mol.